The van der Waals surface area contributed by atoms with Crippen LogP contribution in [-0.4, -0.2) is 62.0 Å². The molecule has 0 aliphatic rings. The van der Waals surface area contributed by atoms with Gasteiger partial charge in [0.1, 0.15) is 18.8 Å². The Morgan fingerprint density at radius 2 is 2.00 bits per heavy atom. The normalized spacial score (nSPS) is 11.0. The van der Waals surface area contributed by atoms with Crippen molar-refractivity contribution in [2.45, 2.75) is 13.2 Å². The van der Waals surface area contributed by atoms with E-state index >= 15 is 0 Å². The first-order valence-electron chi connectivity index (χ1n) is 11.2. The molecule has 1 aromatic carbocycles. The Morgan fingerprint density at radius 3 is 2.81 bits per heavy atom. The van der Waals surface area contributed by atoms with Gasteiger partial charge in [0, 0.05) is 31.9 Å². The molecule has 0 spiro atoms. The largest absolute Gasteiger partial charge is 0.491 e. The molecule has 0 saturated heterocycles. The molecule has 4 heterocycles. The molecule has 5 rings (SSSR count). The maximum Gasteiger partial charge on any atom is 0.254 e. The van der Waals surface area contributed by atoms with Gasteiger partial charge in [-0.05, 0) is 12.1 Å². The molecule has 5 aromatic rings. The number of hydrogen-bond acceptors (Lipinski definition) is 11. The van der Waals surface area contributed by atoms with Crippen molar-refractivity contribution < 1.29 is 18.8 Å². The molecule has 0 radical (unpaired) electrons. The Hall–Kier alpha value is -4.91. The minimum atomic E-state index is -0.289. The van der Waals surface area contributed by atoms with Gasteiger partial charge in [0.15, 0.2) is 23.2 Å². The van der Waals surface area contributed by atoms with Crippen LogP contribution in [0, 0.1) is 0 Å². The van der Waals surface area contributed by atoms with Crippen LogP contribution in [0.2, 0.25) is 0 Å². The average Bonchev–Trinajstić information content (AvgIpc) is 3.53. The van der Waals surface area contributed by atoms with Crippen LogP contribution in [-0.2, 0) is 17.9 Å². The summed E-state index contributed by atoms with van der Waals surface area (Å²) in [7, 11) is 4.63. The predicted molar refractivity (Wildman–Crippen MR) is 132 cm³/mol. The molecule has 13 heteroatoms. The van der Waals surface area contributed by atoms with Crippen LogP contribution >= 0.6 is 0 Å². The van der Waals surface area contributed by atoms with E-state index in [0.717, 1.165) is 10.9 Å². The first kappa shape index (κ1) is 23.8. The summed E-state index contributed by atoms with van der Waals surface area (Å²) in [5.74, 6) is 1.68. The van der Waals surface area contributed by atoms with Gasteiger partial charge >= 0.3 is 0 Å². The quantitative estimate of drug-likeness (QED) is 0.306. The maximum absolute atomic E-state index is 12.3. The highest BCUT2D eigenvalue weighted by molar-refractivity contribution is 6.00. The summed E-state index contributed by atoms with van der Waals surface area (Å²) in [4.78, 5) is 29.9. The summed E-state index contributed by atoms with van der Waals surface area (Å²) in [6, 6.07) is 9.38. The van der Waals surface area contributed by atoms with Gasteiger partial charge < -0.3 is 24.6 Å². The van der Waals surface area contributed by atoms with Crippen molar-refractivity contribution in [1.82, 2.24) is 40.2 Å². The van der Waals surface area contributed by atoms with E-state index in [1.54, 1.807) is 37.3 Å². The number of pyridine rings is 1. The number of nitrogens with zero attached hydrogens (tertiary/aromatic N) is 7. The molecule has 188 valence electrons. The number of hydrogen-bond donors (Lipinski definition) is 2. The first-order valence-corrected chi connectivity index (χ1v) is 11.2. The van der Waals surface area contributed by atoms with Gasteiger partial charge in [-0.25, -0.2) is 9.97 Å². The Bertz CT molecular complexity index is 1560. The molecule has 0 aliphatic carbocycles. The fourth-order valence-electron chi connectivity index (χ4n) is 3.75. The Labute approximate surface area is 210 Å². The molecule has 13 nitrogen and oxygen atoms in total. The molecule has 0 bridgehead atoms. The van der Waals surface area contributed by atoms with E-state index < -0.39 is 0 Å². The summed E-state index contributed by atoms with van der Waals surface area (Å²) in [6.07, 6.45) is 4.60. The summed E-state index contributed by atoms with van der Waals surface area (Å²) >= 11 is 0. The van der Waals surface area contributed by atoms with Gasteiger partial charge in [0.25, 0.3) is 5.91 Å². The third-order valence-electron chi connectivity index (χ3n) is 5.46. The number of carbonyl (C=O) groups excluding carboxylic acids is 1. The second-order valence-electron chi connectivity index (χ2n) is 7.80. The van der Waals surface area contributed by atoms with E-state index in [0.29, 0.717) is 46.1 Å². The molecule has 1 amide bonds. The Kier molecular flexibility index (Phi) is 6.68. The van der Waals surface area contributed by atoms with E-state index in [9.17, 15) is 4.79 Å². The number of anilines is 2. The zero-order valence-corrected chi connectivity index (χ0v) is 20.3. The summed E-state index contributed by atoms with van der Waals surface area (Å²) in [5.41, 5.74) is 2.26. The molecule has 2 N–H and O–H groups in total. The average molecular weight is 502 g/mol. The first-order chi connectivity index (χ1) is 18.1. The van der Waals surface area contributed by atoms with Crippen LogP contribution in [0.4, 0.5) is 11.5 Å². The number of rotatable bonds is 9. The number of amides is 1. The van der Waals surface area contributed by atoms with Crippen molar-refractivity contribution in [3.8, 4) is 17.3 Å². The molecule has 37 heavy (non-hydrogen) atoms. The number of aromatic nitrogens is 7. The van der Waals surface area contributed by atoms with Crippen molar-refractivity contribution in [3.63, 3.8) is 0 Å². The summed E-state index contributed by atoms with van der Waals surface area (Å²) < 4.78 is 17.6. The van der Waals surface area contributed by atoms with Crippen LogP contribution in [0.25, 0.3) is 22.4 Å². The molecule has 0 saturated carbocycles. The number of carbonyl (C=O) groups is 1. The number of ether oxygens (including phenoxy) is 2. The number of nitrogens with one attached hydrogen (secondary N) is 2. The van der Waals surface area contributed by atoms with Crippen LogP contribution in [0.15, 0.2) is 53.4 Å². The lowest BCUT2D eigenvalue weighted by Crippen LogP contribution is -2.19. The second kappa shape index (κ2) is 10.4. The van der Waals surface area contributed by atoms with Crippen molar-refractivity contribution >= 4 is 28.3 Å². The van der Waals surface area contributed by atoms with E-state index in [2.05, 4.69) is 30.7 Å². The highest BCUT2D eigenvalue weighted by Gasteiger charge is 2.19. The fourth-order valence-corrected chi connectivity index (χ4v) is 3.75. The van der Waals surface area contributed by atoms with Gasteiger partial charge in [-0.2, -0.15) is 10.1 Å². The van der Waals surface area contributed by atoms with Gasteiger partial charge in [-0.15, -0.1) is 0 Å². The maximum atomic E-state index is 12.3. The Balaban J connectivity index is 1.54. The molecule has 0 unspecified atom stereocenters. The van der Waals surface area contributed by atoms with Crippen molar-refractivity contribution in [2.24, 2.45) is 0 Å². The van der Waals surface area contributed by atoms with E-state index in [-0.39, 0.29) is 19.1 Å². The van der Waals surface area contributed by atoms with Crippen molar-refractivity contribution in [1.29, 1.82) is 0 Å². The molecular formula is C24H23N9O4. The van der Waals surface area contributed by atoms with E-state index in [1.165, 1.54) is 13.3 Å². The highest BCUT2D eigenvalue weighted by Crippen LogP contribution is 2.31. The lowest BCUT2D eigenvalue weighted by atomic mass is 10.2. The molecule has 0 aliphatic heterocycles. The monoisotopic (exact) mass is 501 g/mol. The minimum absolute atomic E-state index is 0.253. The smallest absolute Gasteiger partial charge is 0.254 e. The number of methoxy groups -OCH3 is 2. The standard InChI is InChI=1S/C24H23N9O4/c1-25-24(34)15-10-26-9-8-16(15)28-22-18(36-3)11-27-23(30-22)21-14-6-4-5-7-17(14)33(31-21)12-20-29-19(13-35-2)32-37-20/h4-11H,12-13H2,1-3H3,(H,25,34)(H,26,27,28,30). The summed E-state index contributed by atoms with van der Waals surface area (Å²) in [6.45, 7) is 0.508. The second-order valence-corrected chi connectivity index (χ2v) is 7.80. The number of para-hydroxylation sites is 1. The SMILES string of the molecule is CNC(=O)c1cnccc1Nc1nc(-c2nn(Cc3nc(COC)no3)c3ccccc23)ncc1OC. The van der Waals surface area contributed by atoms with Gasteiger partial charge in [-0.1, -0.05) is 23.4 Å². The third-order valence-corrected chi connectivity index (χ3v) is 5.46. The Morgan fingerprint density at radius 1 is 1.14 bits per heavy atom. The lowest BCUT2D eigenvalue weighted by Gasteiger charge is -2.13. The van der Waals surface area contributed by atoms with Gasteiger partial charge in [0.2, 0.25) is 5.89 Å². The van der Waals surface area contributed by atoms with Gasteiger partial charge in [0.05, 0.1) is 30.1 Å². The molecule has 0 fully saturated rings. The van der Waals surface area contributed by atoms with Crippen molar-refractivity contribution in [3.05, 3.63) is 66.2 Å². The highest BCUT2D eigenvalue weighted by atomic mass is 16.5. The summed E-state index contributed by atoms with van der Waals surface area (Å²) in [5, 5.41) is 15.3. The zero-order chi connectivity index (χ0) is 25.8. The fraction of sp³-hybridized carbons (Fsp3) is 0.208. The number of fused-ring (bicyclic) bond motifs is 1. The molecule has 0 atom stereocenters. The molecular weight excluding hydrogens is 478 g/mol. The zero-order valence-electron chi connectivity index (χ0n) is 20.3. The van der Waals surface area contributed by atoms with E-state index in [1.807, 2.05) is 24.3 Å². The van der Waals surface area contributed by atoms with Crippen LogP contribution < -0.4 is 15.4 Å². The predicted octanol–water partition coefficient (Wildman–Crippen LogP) is 2.58. The molecule has 4 aromatic heterocycles. The van der Waals surface area contributed by atoms with Crippen LogP contribution in [0.5, 0.6) is 5.75 Å². The number of benzene rings is 1. The third kappa shape index (κ3) is 4.79. The van der Waals surface area contributed by atoms with E-state index in [4.69, 9.17) is 24.1 Å². The lowest BCUT2D eigenvalue weighted by molar-refractivity contribution is 0.0963. The topological polar surface area (TPSA) is 155 Å². The van der Waals surface area contributed by atoms with Crippen LogP contribution in [0.3, 0.4) is 0 Å². The van der Waals surface area contributed by atoms with Crippen molar-refractivity contribution in [2.75, 3.05) is 26.6 Å². The minimum Gasteiger partial charge on any atom is -0.491 e. The van der Waals surface area contributed by atoms with Crippen LogP contribution in [0.1, 0.15) is 22.1 Å². The van der Waals surface area contributed by atoms with Gasteiger partial charge in [-0.3, -0.25) is 14.5 Å².